The molecule has 0 fully saturated rings. The van der Waals surface area contributed by atoms with Crippen molar-refractivity contribution in [3.05, 3.63) is 57.6 Å². The van der Waals surface area contributed by atoms with E-state index >= 15 is 0 Å². The fourth-order valence-corrected chi connectivity index (χ4v) is 4.51. The average molecular weight is 564 g/mol. The first-order valence-electron chi connectivity index (χ1n) is 13.0. The maximum atomic E-state index is 3.76. The van der Waals surface area contributed by atoms with Crippen LogP contribution in [0.1, 0.15) is 74.9 Å². The zero-order valence-corrected chi connectivity index (χ0v) is 25.6. The predicted octanol–water partition coefficient (Wildman–Crippen LogP) is 0.522. The zero-order valence-electron chi connectivity index (χ0n) is 22.9. The SMILES string of the molecule is CCc1cc(CC)c(NCCN(C)CCNc2c(CC)cc(CC)cc2CC)c(CC)c1.[Cl-].[Cl-].[Fe+2]. The van der Waals surface area contributed by atoms with Gasteiger partial charge in [0.2, 0.25) is 0 Å². The summed E-state index contributed by atoms with van der Waals surface area (Å²) in [7, 11) is 2.23. The molecule has 200 valence electrons. The molecule has 0 aliphatic rings. The van der Waals surface area contributed by atoms with Gasteiger partial charge in [-0.05, 0) is 79.0 Å². The van der Waals surface area contributed by atoms with Crippen molar-refractivity contribution in [1.29, 1.82) is 0 Å². The van der Waals surface area contributed by atoms with Gasteiger partial charge in [-0.1, -0.05) is 65.8 Å². The number of rotatable bonds is 14. The molecule has 2 rings (SSSR count). The Morgan fingerprint density at radius 1 is 0.543 bits per heavy atom. The predicted molar refractivity (Wildman–Crippen MR) is 144 cm³/mol. The van der Waals surface area contributed by atoms with Gasteiger partial charge in [0.25, 0.3) is 0 Å². The molecule has 0 bridgehead atoms. The number of hydrogen-bond donors (Lipinski definition) is 2. The van der Waals surface area contributed by atoms with Crippen LogP contribution in [0.2, 0.25) is 0 Å². The molecule has 0 aliphatic carbocycles. The molecular weight excluding hydrogens is 517 g/mol. The number of anilines is 2. The molecule has 0 aliphatic heterocycles. The Morgan fingerprint density at radius 3 is 1.06 bits per heavy atom. The minimum atomic E-state index is 0. The fourth-order valence-electron chi connectivity index (χ4n) is 4.51. The first-order chi connectivity index (χ1) is 15.5. The molecule has 2 N–H and O–H groups in total. The van der Waals surface area contributed by atoms with E-state index in [0.29, 0.717) is 0 Å². The minimum Gasteiger partial charge on any atom is -1.00 e. The van der Waals surface area contributed by atoms with Gasteiger partial charge < -0.3 is 40.3 Å². The van der Waals surface area contributed by atoms with Crippen LogP contribution in [-0.2, 0) is 55.6 Å². The molecule has 2 aromatic carbocycles. The normalized spacial score (nSPS) is 10.3. The number of benzene rings is 2. The second-order valence-electron chi connectivity index (χ2n) is 8.86. The molecule has 0 amide bonds. The van der Waals surface area contributed by atoms with Gasteiger partial charge in [-0.2, -0.15) is 0 Å². The summed E-state index contributed by atoms with van der Waals surface area (Å²) >= 11 is 0. The Bertz CT molecular complexity index is 738. The number of nitrogens with zero attached hydrogens (tertiary/aromatic N) is 1. The number of likely N-dealkylation sites (N-methyl/N-ethyl adjacent to an activating group) is 1. The van der Waals surface area contributed by atoms with Crippen molar-refractivity contribution in [2.45, 2.75) is 80.1 Å². The van der Waals surface area contributed by atoms with E-state index in [1.54, 1.807) is 0 Å². The molecule has 35 heavy (non-hydrogen) atoms. The Hall–Kier alpha value is -0.901. The smallest absolute Gasteiger partial charge is 1.00 e. The summed E-state index contributed by atoms with van der Waals surface area (Å²) in [4.78, 5) is 2.43. The zero-order chi connectivity index (χ0) is 23.5. The number of aryl methyl sites for hydroxylation is 6. The standard InChI is InChI=1S/C29H47N3.2ClH.Fe/c1-8-22-18-24(10-3)28(25(11-4)19-22)30-14-16-32(7)17-15-31-29-26(12-5)20-23(9-2)21-27(29)13-6;;;/h18-21,30-31H,8-17H2,1-7H3;2*1H;/q;;;+2/p-2. The molecule has 0 atom stereocenters. The van der Waals surface area contributed by atoms with E-state index in [2.05, 4.69) is 88.4 Å². The van der Waals surface area contributed by atoms with E-state index in [4.69, 9.17) is 0 Å². The molecule has 0 saturated carbocycles. The van der Waals surface area contributed by atoms with Gasteiger partial charge in [0.05, 0.1) is 0 Å². The molecule has 6 heteroatoms. The molecule has 0 saturated heterocycles. The number of halogens is 2. The van der Waals surface area contributed by atoms with E-state index in [1.807, 2.05) is 0 Å². The van der Waals surface area contributed by atoms with Crippen LogP contribution < -0.4 is 35.4 Å². The van der Waals surface area contributed by atoms with Gasteiger partial charge in [0, 0.05) is 37.6 Å². The van der Waals surface area contributed by atoms with Gasteiger partial charge in [-0.3, -0.25) is 0 Å². The van der Waals surface area contributed by atoms with Crippen LogP contribution in [-0.4, -0.2) is 38.1 Å². The first kappa shape index (κ1) is 36.3. The summed E-state index contributed by atoms with van der Waals surface area (Å²) in [6.07, 6.45) is 6.55. The van der Waals surface area contributed by atoms with Crippen LogP contribution in [0, 0.1) is 0 Å². The summed E-state index contributed by atoms with van der Waals surface area (Å²) in [6.45, 7) is 17.6. The Kier molecular flexibility index (Phi) is 19.9. The summed E-state index contributed by atoms with van der Waals surface area (Å²) in [5.74, 6) is 0. The average Bonchev–Trinajstić information content (AvgIpc) is 2.83. The molecule has 0 radical (unpaired) electrons. The Labute approximate surface area is 238 Å². The van der Waals surface area contributed by atoms with E-state index in [1.165, 1.54) is 44.8 Å². The molecule has 0 unspecified atom stereocenters. The van der Waals surface area contributed by atoms with Crippen molar-refractivity contribution < 1.29 is 41.9 Å². The van der Waals surface area contributed by atoms with Gasteiger partial charge in [-0.15, -0.1) is 0 Å². The van der Waals surface area contributed by atoms with Crippen LogP contribution in [0.3, 0.4) is 0 Å². The molecule has 0 spiro atoms. The van der Waals surface area contributed by atoms with Crippen molar-refractivity contribution in [3.63, 3.8) is 0 Å². The second kappa shape index (κ2) is 19.2. The van der Waals surface area contributed by atoms with Gasteiger partial charge >= 0.3 is 17.1 Å². The van der Waals surface area contributed by atoms with Crippen molar-refractivity contribution in [3.8, 4) is 0 Å². The monoisotopic (exact) mass is 563 g/mol. The fraction of sp³-hybridized carbons (Fsp3) is 0.586. The van der Waals surface area contributed by atoms with Crippen molar-refractivity contribution >= 4 is 11.4 Å². The van der Waals surface area contributed by atoms with E-state index in [0.717, 1.165) is 64.7 Å². The quantitative estimate of drug-likeness (QED) is 0.328. The van der Waals surface area contributed by atoms with Crippen LogP contribution in [0.15, 0.2) is 24.3 Å². The first-order valence-corrected chi connectivity index (χ1v) is 13.0. The largest absolute Gasteiger partial charge is 2.00 e. The minimum absolute atomic E-state index is 0. The van der Waals surface area contributed by atoms with Crippen molar-refractivity contribution in [1.82, 2.24) is 4.90 Å². The van der Waals surface area contributed by atoms with Crippen molar-refractivity contribution in [2.75, 3.05) is 43.9 Å². The molecular formula is C29H47Cl2FeN3. The van der Waals surface area contributed by atoms with E-state index in [9.17, 15) is 0 Å². The summed E-state index contributed by atoms with van der Waals surface area (Å²) in [5.41, 5.74) is 11.5. The third-order valence-corrected chi connectivity index (χ3v) is 6.65. The topological polar surface area (TPSA) is 27.3 Å². The van der Waals surface area contributed by atoms with E-state index < -0.39 is 0 Å². The Balaban J connectivity index is 0. The second-order valence-corrected chi connectivity index (χ2v) is 8.86. The van der Waals surface area contributed by atoms with Gasteiger partial charge in [0.15, 0.2) is 0 Å². The maximum Gasteiger partial charge on any atom is 2.00 e. The van der Waals surface area contributed by atoms with Crippen LogP contribution in [0.4, 0.5) is 11.4 Å². The van der Waals surface area contributed by atoms with Crippen molar-refractivity contribution in [2.24, 2.45) is 0 Å². The van der Waals surface area contributed by atoms with Gasteiger partial charge in [0.1, 0.15) is 0 Å². The third kappa shape index (κ3) is 10.5. The summed E-state index contributed by atoms with van der Waals surface area (Å²) < 4.78 is 0. The number of hydrogen-bond acceptors (Lipinski definition) is 3. The molecule has 0 aromatic heterocycles. The number of nitrogens with one attached hydrogen (secondary N) is 2. The van der Waals surface area contributed by atoms with Crippen LogP contribution in [0.25, 0.3) is 0 Å². The summed E-state index contributed by atoms with van der Waals surface area (Å²) in [5, 5.41) is 7.52. The van der Waals surface area contributed by atoms with Gasteiger partial charge in [-0.25, -0.2) is 0 Å². The van der Waals surface area contributed by atoms with Crippen LogP contribution in [0.5, 0.6) is 0 Å². The molecule has 0 heterocycles. The van der Waals surface area contributed by atoms with E-state index in [-0.39, 0.29) is 41.9 Å². The molecule has 2 aromatic rings. The molecule has 3 nitrogen and oxygen atoms in total. The third-order valence-electron chi connectivity index (χ3n) is 6.65. The maximum absolute atomic E-state index is 3.76. The van der Waals surface area contributed by atoms with Crippen LogP contribution >= 0.6 is 0 Å². The summed E-state index contributed by atoms with van der Waals surface area (Å²) in [6, 6.07) is 9.54. The Morgan fingerprint density at radius 2 is 0.829 bits per heavy atom.